The monoisotopic (exact) mass is 257 g/mol. The summed E-state index contributed by atoms with van der Waals surface area (Å²) in [6, 6.07) is 7.62. The van der Waals surface area contributed by atoms with Crippen LogP contribution in [0.5, 0.6) is 0 Å². The Morgan fingerprint density at radius 1 is 1.29 bits per heavy atom. The van der Waals surface area contributed by atoms with Crippen molar-refractivity contribution in [1.29, 1.82) is 0 Å². The molecule has 0 spiro atoms. The van der Waals surface area contributed by atoms with E-state index in [1.54, 1.807) is 18.2 Å². The quantitative estimate of drug-likeness (QED) is 0.772. The molecule has 0 fully saturated rings. The molecule has 1 atom stereocenters. The number of rotatable bonds is 1. The van der Waals surface area contributed by atoms with Gasteiger partial charge in [-0.25, -0.2) is 12.8 Å². The average Bonchev–Trinajstić information content (AvgIpc) is 2.56. The molecule has 1 aliphatic rings. The number of hydrogen-bond donors (Lipinski definition) is 0. The van der Waals surface area contributed by atoms with Gasteiger partial charge in [-0.1, -0.05) is 23.4 Å². The minimum Gasteiger partial charge on any atom is -0.385 e. The number of nitrogens with zero attached hydrogens (tertiary/aromatic N) is 1. The summed E-state index contributed by atoms with van der Waals surface area (Å²) in [7, 11) is -3.91. The zero-order valence-corrected chi connectivity index (χ0v) is 10.2. The van der Waals surface area contributed by atoms with Crippen molar-refractivity contribution >= 4 is 14.9 Å². The van der Waals surface area contributed by atoms with Gasteiger partial charge >= 0.3 is 0 Å². The van der Waals surface area contributed by atoms with E-state index in [1.807, 2.05) is 0 Å². The van der Waals surface area contributed by atoms with E-state index in [2.05, 4.69) is 5.16 Å². The molecule has 1 heterocycles. The van der Waals surface area contributed by atoms with Crippen molar-refractivity contribution in [1.82, 2.24) is 0 Å². The molecule has 0 amide bonds. The lowest BCUT2D eigenvalue weighted by molar-refractivity contribution is -0.0232. The van der Waals surface area contributed by atoms with Gasteiger partial charge in [0.15, 0.2) is 11.8 Å². The van der Waals surface area contributed by atoms with Gasteiger partial charge in [-0.15, -0.1) is 0 Å². The molecule has 0 saturated heterocycles. The Hall–Kier alpha value is -1.43. The summed E-state index contributed by atoms with van der Waals surface area (Å²) in [5.74, 6) is 0. The Kier molecular flexibility index (Phi) is 2.69. The molecular formula is C11H12FNO3S. The summed E-state index contributed by atoms with van der Waals surface area (Å²) in [6.45, 7) is 2.91. The zero-order chi connectivity index (χ0) is 12.7. The molecule has 0 aliphatic carbocycles. The van der Waals surface area contributed by atoms with E-state index in [0.29, 0.717) is 0 Å². The summed E-state index contributed by atoms with van der Waals surface area (Å²) in [6.07, 6.45) is -1.76. The van der Waals surface area contributed by atoms with Gasteiger partial charge in [0.25, 0.3) is 0 Å². The van der Waals surface area contributed by atoms with Crippen LogP contribution in [-0.4, -0.2) is 25.2 Å². The molecule has 0 aromatic heterocycles. The maximum atomic E-state index is 13.9. The molecule has 1 aliphatic heterocycles. The average molecular weight is 257 g/mol. The lowest BCUT2D eigenvalue weighted by atomic mass is 10.1. The molecular weight excluding hydrogens is 245 g/mol. The van der Waals surface area contributed by atoms with Crippen molar-refractivity contribution in [3.63, 3.8) is 0 Å². The van der Waals surface area contributed by atoms with Crippen LogP contribution in [0.15, 0.2) is 40.4 Å². The van der Waals surface area contributed by atoms with Gasteiger partial charge < -0.3 is 4.84 Å². The van der Waals surface area contributed by atoms with Gasteiger partial charge in [0.05, 0.1) is 4.90 Å². The fourth-order valence-electron chi connectivity index (χ4n) is 1.46. The molecule has 0 N–H and O–H groups in total. The maximum absolute atomic E-state index is 13.9. The van der Waals surface area contributed by atoms with Crippen LogP contribution in [0.1, 0.15) is 13.8 Å². The standard InChI is InChI=1S/C11H12FNO3S/c1-11(2)9(12)10(13-16-11)17(14,15)8-6-4-3-5-7-8/h3-7,9H,1-2H3. The van der Waals surface area contributed by atoms with Crippen LogP contribution in [0.4, 0.5) is 4.39 Å². The molecule has 1 aromatic carbocycles. The van der Waals surface area contributed by atoms with Crippen LogP contribution in [0, 0.1) is 0 Å². The minimum absolute atomic E-state index is 0.0164. The van der Waals surface area contributed by atoms with Crippen molar-refractivity contribution in [2.75, 3.05) is 0 Å². The minimum atomic E-state index is -3.91. The van der Waals surface area contributed by atoms with Gasteiger partial charge in [0.2, 0.25) is 14.9 Å². The second-order valence-electron chi connectivity index (χ2n) is 4.30. The molecule has 6 heteroatoms. The molecule has 92 valence electrons. The topological polar surface area (TPSA) is 55.7 Å². The number of oxime groups is 1. The lowest BCUT2D eigenvalue weighted by Crippen LogP contribution is -2.37. The molecule has 0 bridgehead atoms. The van der Waals surface area contributed by atoms with Crippen LogP contribution in [-0.2, 0) is 14.7 Å². The van der Waals surface area contributed by atoms with Gasteiger partial charge in [-0.2, -0.15) is 0 Å². The Bertz CT molecular complexity index is 551. The summed E-state index contributed by atoms with van der Waals surface area (Å²) in [4.78, 5) is 4.82. The highest BCUT2D eigenvalue weighted by atomic mass is 32.2. The second-order valence-corrected chi connectivity index (χ2v) is 6.20. The molecule has 4 nitrogen and oxygen atoms in total. The predicted molar refractivity (Wildman–Crippen MR) is 61.1 cm³/mol. The Morgan fingerprint density at radius 2 is 1.88 bits per heavy atom. The van der Waals surface area contributed by atoms with Crippen molar-refractivity contribution in [3.8, 4) is 0 Å². The van der Waals surface area contributed by atoms with Crippen LogP contribution in [0.25, 0.3) is 0 Å². The highest BCUT2D eigenvalue weighted by molar-refractivity contribution is 8.06. The van der Waals surface area contributed by atoms with Crippen LogP contribution >= 0.6 is 0 Å². The van der Waals surface area contributed by atoms with E-state index in [9.17, 15) is 12.8 Å². The number of benzene rings is 1. The van der Waals surface area contributed by atoms with Gasteiger partial charge in [-0.05, 0) is 26.0 Å². The highest BCUT2D eigenvalue weighted by Gasteiger charge is 2.47. The molecule has 0 radical (unpaired) electrons. The summed E-state index contributed by atoms with van der Waals surface area (Å²) in [5.41, 5.74) is -1.24. The predicted octanol–water partition coefficient (Wildman–Crippen LogP) is 1.92. The van der Waals surface area contributed by atoms with Crippen molar-refractivity contribution in [2.24, 2.45) is 5.16 Å². The summed E-state index contributed by atoms with van der Waals surface area (Å²) in [5, 5.41) is 2.81. The molecule has 2 rings (SSSR count). The van der Waals surface area contributed by atoms with Crippen LogP contribution in [0.2, 0.25) is 0 Å². The number of halogens is 1. The Labute approximate surface area is 99.0 Å². The van der Waals surface area contributed by atoms with Crippen molar-refractivity contribution in [3.05, 3.63) is 30.3 Å². The van der Waals surface area contributed by atoms with E-state index in [-0.39, 0.29) is 4.90 Å². The van der Waals surface area contributed by atoms with Crippen molar-refractivity contribution < 1.29 is 17.6 Å². The number of alkyl halides is 1. The van der Waals surface area contributed by atoms with Crippen molar-refractivity contribution in [2.45, 2.75) is 30.5 Å². The van der Waals surface area contributed by atoms with E-state index in [4.69, 9.17) is 4.84 Å². The zero-order valence-electron chi connectivity index (χ0n) is 9.42. The SMILES string of the molecule is CC1(C)ON=C(S(=O)(=O)c2ccccc2)C1F. The summed E-state index contributed by atoms with van der Waals surface area (Å²) < 4.78 is 38.1. The number of hydrogen-bond acceptors (Lipinski definition) is 4. The largest absolute Gasteiger partial charge is 0.385 e. The molecule has 0 saturated carbocycles. The second kappa shape index (κ2) is 3.80. The first-order valence-electron chi connectivity index (χ1n) is 5.06. The third kappa shape index (κ3) is 1.93. The fourth-order valence-corrected chi connectivity index (χ4v) is 2.91. The Morgan fingerprint density at radius 3 is 2.35 bits per heavy atom. The Balaban J connectivity index is 2.43. The fraction of sp³-hybridized carbons (Fsp3) is 0.364. The third-order valence-electron chi connectivity index (χ3n) is 2.53. The smallest absolute Gasteiger partial charge is 0.226 e. The molecule has 1 aromatic rings. The van der Waals surface area contributed by atoms with E-state index >= 15 is 0 Å². The van der Waals surface area contributed by atoms with E-state index in [0.717, 1.165) is 0 Å². The summed E-state index contributed by atoms with van der Waals surface area (Å²) >= 11 is 0. The first-order chi connectivity index (χ1) is 7.86. The van der Waals surface area contributed by atoms with Crippen LogP contribution < -0.4 is 0 Å². The normalized spacial score (nSPS) is 23.0. The molecule has 1 unspecified atom stereocenters. The van der Waals surface area contributed by atoms with Gasteiger partial charge in [-0.3, -0.25) is 0 Å². The third-order valence-corrected chi connectivity index (χ3v) is 4.25. The van der Waals surface area contributed by atoms with Gasteiger partial charge in [0.1, 0.15) is 0 Å². The number of sulfone groups is 1. The van der Waals surface area contributed by atoms with E-state index < -0.39 is 26.7 Å². The first-order valence-corrected chi connectivity index (χ1v) is 6.54. The maximum Gasteiger partial charge on any atom is 0.226 e. The first kappa shape index (κ1) is 12.0. The highest BCUT2D eigenvalue weighted by Crippen LogP contribution is 2.30. The van der Waals surface area contributed by atoms with Gasteiger partial charge in [0, 0.05) is 0 Å². The van der Waals surface area contributed by atoms with Crippen LogP contribution in [0.3, 0.4) is 0 Å². The lowest BCUT2D eigenvalue weighted by Gasteiger charge is -2.17. The molecule has 17 heavy (non-hydrogen) atoms. The van der Waals surface area contributed by atoms with E-state index in [1.165, 1.54) is 26.0 Å².